The number of carbonyl (C=O) groups is 2. The molecular formula is C30H35ClN4O2. The maximum Gasteiger partial charge on any atom is 0.223 e. The van der Waals surface area contributed by atoms with E-state index in [1.807, 2.05) is 29.4 Å². The van der Waals surface area contributed by atoms with Crippen molar-refractivity contribution in [2.45, 2.75) is 45.2 Å². The third-order valence-electron chi connectivity index (χ3n) is 8.06. The summed E-state index contributed by atoms with van der Waals surface area (Å²) in [6.45, 7) is 7.62. The number of carbonyl (C=O) groups excluding carboxylic acids is 2. The number of benzene rings is 2. The van der Waals surface area contributed by atoms with Crippen molar-refractivity contribution < 1.29 is 9.59 Å². The van der Waals surface area contributed by atoms with Crippen LogP contribution in [0.1, 0.15) is 50.3 Å². The van der Waals surface area contributed by atoms with Crippen LogP contribution in [0.3, 0.4) is 0 Å². The predicted molar refractivity (Wildman–Crippen MR) is 147 cm³/mol. The van der Waals surface area contributed by atoms with Crippen molar-refractivity contribution in [3.63, 3.8) is 0 Å². The second kappa shape index (κ2) is 11.2. The van der Waals surface area contributed by atoms with Gasteiger partial charge in [0.15, 0.2) is 0 Å². The van der Waals surface area contributed by atoms with Crippen LogP contribution in [-0.4, -0.2) is 70.3 Å². The van der Waals surface area contributed by atoms with Crippen molar-refractivity contribution in [2.75, 3.05) is 32.7 Å². The predicted octanol–water partition coefficient (Wildman–Crippen LogP) is 5.16. The number of rotatable bonds is 5. The highest BCUT2D eigenvalue weighted by molar-refractivity contribution is 6.30. The molecule has 37 heavy (non-hydrogen) atoms. The van der Waals surface area contributed by atoms with Crippen LogP contribution < -0.4 is 0 Å². The van der Waals surface area contributed by atoms with Gasteiger partial charge in [-0.2, -0.15) is 0 Å². The number of hydrogen-bond acceptors (Lipinski definition) is 4. The topological polar surface area (TPSA) is 56.8 Å². The summed E-state index contributed by atoms with van der Waals surface area (Å²) >= 11 is 6.24. The van der Waals surface area contributed by atoms with E-state index in [2.05, 4.69) is 58.1 Å². The van der Waals surface area contributed by atoms with E-state index in [9.17, 15) is 9.59 Å². The Morgan fingerprint density at radius 1 is 1.03 bits per heavy atom. The van der Waals surface area contributed by atoms with Crippen molar-refractivity contribution >= 4 is 34.2 Å². The standard InChI is InChI=1S/C30H35ClN4O2/c1-21-20-34(16-17-35(21)29(37)18-23-11-14-33(15-12-23)22(2)36)30(24-6-8-26(31)9-7-24)28-5-3-4-25-19-32-13-10-27(25)28/h3-10,13,19,21,23,30H,11-12,14-18,20H2,1-2H3. The van der Waals surface area contributed by atoms with Crippen LogP contribution in [0.2, 0.25) is 5.02 Å². The fourth-order valence-electron chi connectivity index (χ4n) is 6.03. The number of hydrogen-bond donors (Lipinski definition) is 0. The average Bonchev–Trinajstić information content (AvgIpc) is 2.90. The van der Waals surface area contributed by atoms with Crippen LogP contribution in [0, 0.1) is 5.92 Å². The number of halogens is 1. The molecule has 2 saturated heterocycles. The third-order valence-corrected chi connectivity index (χ3v) is 8.31. The van der Waals surface area contributed by atoms with Crippen LogP contribution in [0.4, 0.5) is 0 Å². The Morgan fingerprint density at radius 2 is 1.78 bits per heavy atom. The maximum atomic E-state index is 13.3. The van der Waals surface area contributed by atoms with Crippen molar-refractivity contribution in [1.29, 1.82) is 0 Å². The van der Waals surface area contributed by atoms with Crippen molar-refractivity contribution in [3.05, 3.63) is 77.1 Å². The van der Waals surface area contributed by atoms with E-state index in [1.54, 1.807) is 6.92 Å². The fourth-order valence-corrected chi connectivity index (χ4v) is 6.15. The lowest BCUT2D eigenvalue weighted by Crippen LogP contribution is -2.55. The van der Waals surface area contributed by atoms with E-state index in [0.717, 1.165) is 49.4 Å². The minimum Gasteiger partial charge on any atom is -0.343 e. The summed E-state index contributed by atoms with van der Waals surface area (Å²) in [4.78, 5) is 35.7. The zero-order valence-corrected chi connectivity index (χ0v) is 22.4. The van der Waals surface area contributed by atoms with Gasteiger partial charge in [0.2, 0.25) is 11.8 Å². The van der Waals surface area contributed by atoms with Gasteiger partial charge in [0.1, 0.15) is 0 Å². The minimum atomic E-state index is 0.0546. The number of piperidine rings is 1. The van der Waals surface area contributed by atoms with Crippen LogP contribution >= 0.6 is 11.6 Å². The molecule has 3 aromatic rings. The first-order valence-corrected chi connectivity index (χ1v) is 13.7. The molecule has 7 heteroatoms. The molecule has 3 heterocycles. The molecule has 0 N–H and O–H groups in total. The molecule has 5 rings (SSSR count). The zero-order chi connectivity index (χ0) is 25.9. The summed E-state index contributed by atoms with van der Waals surface area (Å²) in [6, 6.07) is 16.8. The van der Waals surface area contributed by atoms with E-state index < -0.39 is 0 Å². The normalized spacial score (nSPS) is 20.2. The Kier molecular flexibility index (Phi) is 7.77. The number of fused-ring (bicyclic) bond motifs is 1. The number of likely N-dealkylation sites (tertiary alicyclic amines) is 1. The quantitative estimate of drug-likeness (QED) is 0.468. The van der Waals surface area contributed by atoms with Crippen molar-refractivity contribution in [3.8, 4) is 0 Å². The highest BCUT2D eigenvalue weighted by Crippen LogP contribution is 2.35. The van der Waals surface area contributed by atoms with Gasteiger partial charge in [0.05, 0.1) is 6.04 Å². The van der Waals surface area contributed by atoms with Gasteiger partial charge in [-0.15, -0.1) is 0 Å². The van der Waals surface area contributed by atoms with Crippen LogP contribution in [0.25, 0.3) is 10.8 Å². The lowest BCUT2D eigenvalue weighted by molar-refractivity contribution is -0.137. The molecule has 2 atom stereocenters. The molecule has 6 nitrogen and oxygen atoms in total. The Hall–Kier alpha value is -2.96. The molecule has 0 aliphatic carbocycles. The highest BCUT2D eigenvalue weighted by Gasteiger charge is 2.34. The first-order chi connectivity index (χ1) is 17.9. The number of pyridine rings is 1. The Morgan fingerprint density at radius 3 is 2.49 bits per heavy atom. The van der Waals surface area contributed by atoms with Gasteiger partial charge in [-0.25, -0.2) is 0 Å². The summed E-state index contributed by atoms with van der Waals surface area (Å²) in [5.41, 5.74) is 2.43. The Bertz CT molecular complexity index is 1250. The molecule has 2 unspecified atom stereocenters. The third kappa shape index (κ3) is 5.65. The van der Waals surface area contributed by atoms with E-state index in [0.29, 0.717) is 18.9 Å². The second-order valence-electron chi connectivity index (χ2n) is 10.5. The van der Waals surface area contributed by atoms with Crippen LogP contribution in [0.15, 0.2) is 60.9 Å². The molecule has 2 fully saturated rings. The fraction of sp³-hybridized carbons (Fsp3) is 0.433. The van der Waals surface area contributed by atoms with Gasteiger partial charge in [-0.3, -0.25) is 19.5 Å². The van der Waals surface area contributed by atoms with Gasteiger partial charge >= 0.3 is 0 Å². The zero-order valence-electron chi connectivity index (χ0n) is 21.6. The first-order valence-electron chi connectivity index (χ1n) is 13.3. The minimum absolute atomic E-state index is 0.0546. The monoisotopic (exact) mass is 518 g/mol. The van der Waals surface area contributed by atoms with Gasteiger partial charge < -0.3 is 9.80 Å². The molecule has 194 valence electrons. The second-order valence-corrected chi connectivity index (χ2v) is 10.9. The SMILES string of the molecule is CC(=O)N1CCC(CC(=O)N2CCN(C(c3ccc(Cl)cc3)c3cccc4cnccc34)CC2C)CC1. The summed E-state index contributed by atoms with van der Waals surface area (Å²) in [5, 5.41) is 3.04. The van der Waals surface area contributed by atoms with E-state index >= 15 is 0 Å². The molecular weight excluding hydrogens is 484 g/mol. The number of nitrogens with zero attached hydrogens (tertiary/aromatic N) is 4. The number of aromatic nitrogens is 1. The maximum absolute atomic E-state index is 13.3. The van der Waals surface area contributed by atoms with E-state index in [1.165, 1.54) is 16.5 Å². The van der Waals surface area contributed by atoms with Crippen LogP contribution in [-0.2, 0) is 9.59 Å². The molecule has 2 aliphatic heterocycles. The van der Waals surface area contributed by atoms with Crippen LogP contribution in [0.5, 0.6) is 0 Å². The molecule has 0 bridgehead atoms. The van der Waals surface area contributed by atoms with E-state index in [4.69, 9.17) is 11.6 Å². The van der Waals surface area contributed by atoms with Crippen molar-refractivity contribution in [1.82, 2.24) is 19.7 Å². The molecule has 0 saturated carbocycles. The Labute approximate surface area is 224 Å². The molecule has 2 aromatic carbocycles. The average molecular weight is 519 g/mol. The van der Waals surface area contributed by atoms with E-state index in [-0.39, 0.29) is 23.9 Å². The molecule has 2 aliphatic rings. The summed E-state index contributed by atoms with van der Waals surface area (Å²) in [7, 11) is 0. The molecule has 0 radical (unpaired) electrons. The first kappa shape index (κ1) is 25.7. The largest absolute Gasteiger partial charge is 0.343 e. The number of amides is 2. The van der Waals surface area contributed by atoms with Crippen molar-refractivity contribution in [2.24, 2.45) is 5.92 Å². The van der Waals surface area contributed by atoms with Gasteiger partial charge in [-0.05, 0) is 60.4 Å². The lowest BCUT2D eigenvalue weighted by Gasteiger charge is -2.44. The smallest absolute Gasteiger partial charge is 0.223 e. The van der Waals surface area contributed by atoms with Gasteiger partial charge in [0.25, 0.3) is 0 Å². The van der Waals surface area contributed by atoms with Gasteiger partial charge in [-0.1, -0.05) is 41.9 Å². The summed E-state index contributed by atoms with van der Waals surface area (Å²) in [5.74, 6) is 0.736. The molecule has 2 amide bonds. The summed E-state index contributed by atoms with van der Waals surface area (Å²) in [6.07, 6.45) is 6.16. The molecule has 1 aromatic heterocycles. The van der Waals surface area contributed by atoms with Gasteiger partial charge in [0, 0.05) is 74.9 Å². The summed E-state index contributed by atoms with van der Waals surface area (Å²) < 4.78 is 0. The lowest BCUT2D eigenvalue weighted by atomic mass is 9.91. The number of piperazine rings is 1. The molecule has 0 spiro atoms. The Balaban J connectivity index is 1.33. The highest BCUT2D eigenvalue weighted by atomic mass is 35.5.